The average molecular weight is 266 g/mol. The van der Waals surface area contributed by atoms with Gasteiger partial charge in [0.1, 0.15) is 5.75 Å². The molecule has 0 heterocycles. The Morgan fingerprint density at radius 3 is 3.00 bits per heavy atom. The van der Waals surface area contributed by atoms with Crippen molar-refractivity contribution in [1.82, 2.24) is 5.32 Å². The summed E-state index contributed by atoms with van der Waals surface area (Å²) in [4.78, 5) is 12.6. The number of anilines is 1. The van der Waals surface area contributed by atoms with Gasteiger partial charge in [0.2, 0.25) is 5.91 Å². The van der Waals surface area contributed by atoms with Crippen LogP contribution in [0, 0.1) is 0 Å². The van der Waals surface area contributed by atoms with E-state index in [9.17, 15) is 4.79 Å². The molecule has 0 fully saturated rings. The molecule has 1 unspecified atom stereocenters. The lowest BCUT2D eigenvalue weighted by molar-refractivity contribution is -0.120. The predicted octanol–water partition coefficient (Wildman–Crippen LogP) is 2.06. The Balaban J connectivity index is 2.71. The van der Waals surface area contributed by atoms with Crippen LogP contribution in [0.3, 0.4) is 0 Å². The van der Waals surface area contributed by atoms with Gasteiger partial charge in [-0.15, -0.1) is 18.3 Å². The summed E-state index contributed by atoms with van der Waals surface area (Å²) in [7, 11) is 1.60. The third kappa shape index (κ3) is 4.00. The summed E-state index contributed by atoms with van der Waals surface area (Å²) in [6.07, 6.45) is 1.65. The van der Waals surface area contributed by atoms with Crippen molar-refractivity contribution in [2.24, 2.45) is 0 Å². The minimum atomic E-state index is -0.223. The molecular formula is C13H18N2O2S. The van der Waals surface area contributed by atoms with Crippen molar-refractivity contribution in [2.75, 3.05) is 19.4 Å². The number of thioether (sulfide) groups is 1. The highest BCUT2D eigenvalue weighted by Crippen LogP contribution is 2.31. The Hall–Kier alpha value is -1.62. The number of hydrogen-bond acceptors (Lipinski definition) is 4. The van der Waals surface area contributed by atoms with Crippen LogP contribution in [0.2, 0.25) is 0 Å². The molecule has 1 aromatic rings. The summed E-state index contributed by atoms with van der Waals surface area (Å²) in [5, 5.41) is 2.53. The normalized spacial score (nSPS) is 11.7. The molecule has 0 radical (unpaired) electrons. The number of benzene rings is 1. The third-order valence-electron chi connectivity index (χ3n) is 2.31. The highest BCUT2D eigenvalue weighted by Gasteiger charge is 2.15. The molecule has 1 rings (SSSR count). The number of amides is 1. The molecule has 18 heavy (non-hydrogen) atoms. The van der Waals surface area contributed by atoms with E-state index in [2.05, 4.69) is 11.9 Å². The van der Waals surface area contributed by atoms with E-state index in [-0.39, 0.29) is 11.2 Å². The molecule has 0 bridgehead atoms. The number of carbonyl (C=O) groups is 1. The Morgan fingerprint density at radius 1 is 1.67 bits per heavy atom. The zero-order valence-electron chi connectivity index (χ0n) is 10.6. The van der Waals surface area contributed by atoms with Crippen LogP contribution in [0.4, 0.5) is 5.69 Å². The Bertz CT molecular complexity index is 435. The van der Waals surface area contributed by atoms with E-state index in [1.54, 1.807) is 25.3 Å². The molecule has 0 aliphatic heterocycles. The van der Waals surface area contributed by atoms with Gasteiger partial charge in [-0.05, 0) is 25.1 Å². The smallest absolute Gasteiger partial charge is 0.233 e. The Kier molecular flexibility index (Phi) is 5.58. The van der Waals surface area contributed by atoms with Crippen molar-refractivity contribution in [3.05, 3.63) is 30.9 Å². The van der Waals surface area contributed by atoms with E-state index in [0.29, 0.717) is 12.2 Å². The largest absolute Gasteiger partial charge is 0.497 e. The first-order chi connectivity index (χ1) is 8.58. The number of ether oxygens (including phenoxy) is 1. The summed E-state index contributed by atoms with van der Waals surface area (Å²) in [5.74, 6) is 0.688. The maximum Gasteiger partial charge on any atom is 0.233 e. The van der Waals surface area contributed by atoms with Crippen LogP contribution < -0.4 is 15.8 Å². The molecule has 1 aromatic carbocycles. The lowest BCUT2D eigenvalue weighted by atomic mass is 10.3. The summed E-state index contributed by atoms with van der Waals surface area (Å²) in [5.41, 5.74) is 6.51. The molecule has 4 nitrogen and oxygen atoms in total. The van der Waals surface area contributed by atoms with E-state index in [1.165, 1.54) is 11.8 Å². The quantitative estimate of drug-likeness (QED) is 0.470. The summed E-state index contributed by atoms with van der Waals surface area (Å²) < 4.78 is 5.13. The van der Waals surface area contributed by atoms with Gasteiger partial charge in [0.15, 0.2) is 0 Å². The maximum atomic E-state index is 11.7. The second kappa shape index (κ2) is 6.96. The van der Waals surface area contributed by atoms with Crippen molar-refractivity contribution in [2.45, 2.75) is 17.1 Å². The van der Waals surface area contributed by atoms with Crippen molar-refractivity contribution in [3.63, 3.8) is 0 Å². The van der Waals surface area contributed by atoms with Crippen molar-refractivity contribution < 1.29 is 9.53 Å². The molecule has 5 heteroatoms. The minimum absolute atomic E-state index is 0.0397. The second-order valence-corrected chi connectivity index (χ2v) is 5.08. The molecule has 1 atom stereocenters. The number of methoxy groups -OCH3 is 1. The first-order valence-electron chi connectivity index (χ1n) is 5.57. The molecule has 0 aliphatic carbocycles. The van der Waals surface area contributed by atoms with Crippen LogP contribution in [0.25, 0.3) is 0 Å². The van der Waals surface area contributed by atoms with Crippen LogP contribution in [0.1, 0.15) is 6.92 Å². The maximum absolute atomic E-state index is 11.7. The minimum Gasteiger partial charge on any atom is -0.497 e. The summed E-state index contributed by atoms with van der Waals surface area (Å²) >= 11 is 1.41. The molecule has 3 N–H and O–H groups in total. The van der Waals surface area contributed by atoms with Gasteiger partial charge >= 0.3 is 0 Å². The number of nitrogens with two attached hydrogens (primary N) is 1. The number of hydrogen-bond donors (Lipinski definition) is 2. The van der Waals surface area contributed by atoms with Gasteiger partial charge in [0.05, 0.1) is 12.4 Å². The standard InChI is InChI=1S/C13H18N2O2S/c1-4-7-15-13(16)9(2)18-12-8-10(17-3)5-6-11(12)14/h4-6,8-9H,1,7,14H2,2-3H3,(H,15,16). The van der Waals surface area contributed by atoms with Crippen molar-refractivity contribution in [1.29, 1.82) is 0 Å². The van der Waals surface area contributed by atoms with Crippen LogP contribution in [-0.4, -0.2) is 24.8 Å². The monoisotopic (exact) mass is 266 g/mol. The zero-order chi connectivity index (χ0) is 13.5. The van der Waals surface area contributed by atoms with E-state index in [1.807, 2.05) is 13.0 Å². The van der Waals surface area contributed by atoms with Gasteiger partial charge in [0, 0.05) is 17.1 Å². The highest BCUT2D eigenvalue weighted by molar-refractivity contribution is 8.00. The summed E-state index contributed by atoms with van der Waals surface area (Å²) in [6.45, 7) is 5.86. The number of carbonyl (C=O) groups excluding carboxylic acids is 1. The van der Waals surface area contributed by atoms with E-state index in [0.717, 1.165) is 10.6 Å². The number of nitrogens with one attached hydrogen (secondary N) is 1. The molecule has 1 amide bonds. The van der Waals surface area contributed by atoms with E-state index < -0.39 is 0 Å². The average Bonchev–Trinajstić information content (AvgIpc) is 2.38. The molecule has 0 spiro atoms. The molecule has 0 aromatic heterocycles. The van der Waals surface area contributed by atoms with Gasteiger partial charge in [0.25, 0.3) is 0 Å². The van der Waals surface area contributed by atoms with Crippen LogP contribution in [0.5, 0.6) is 5.75 Å². The van der Waals surface area contributed by atoms with E-state index >= 15 is 0 Å². The van der Waals surface area contributed by atoms with Gasteiger partial charge in [-0.25, -0.2) is 0 Å². The topological polar surface area (TPSA) is 64.3 Å². The van der Waals surface area contributed by atoms with Gasteiger partial charge in [-0.3, -0.25) is 4.79 Å². The molecule has 98 valence electrons. The second-order valence-electron chi connectivity index (χ2n) is 3.70. The SMILES string of the molecule is C=CCNC(=O)C(C)Sc1cc(OC)ccc1N. The third-order valence-corrected chi connectivity index (χ3v) is 3.49. The van der Waals surface area contributed by atoms with Crippen molar-refractivity contribution in [3.8, 4) is 5.75 Å². The fourth-order valence-corrected chi connectivity index (χ4v) is 2.26. The van der Waals surface area contributed by atoms with Gasteiger partial charge in [-0.2, -0.15) is 0 Å². The molecule has 0 saturated heterocycles. The summed E-state index contributed by atoms with van der Waals surface area (Å²) in [6, 6.07) is 5.40. The predicted molar refractivity (Wildman–Crippen MR) is 75.9 cm³/mol. The fraction of sp³-hybridized carbons (Fsp3) is 0.308. The number of rotatable bonds is 6. The molecular weight excluding hydrogens is 248 g/mol. The zero-order valence-corrected chi connectivity index (χ0v) is 11.4. The van der Waals surface area contributed by atoms with Crippen molar-refractivity contribution >= 4 is 23.4 Å². The highest BCUT2D eigenvalue weighted by atomic mass is 32.2. The van der Waals surface area contributed by atoms with Crippen LogP contribution in [0.15, 0.2) is 35.7 Å². The fourth-order valence-electron chi connectivity index (χ4n) is 1.30. The lowest BCUT2D eigenvalue weighted by Gasteiger charge is -2.13. The molecule has 0 saturated carbocycles. The Labute approximate surface area is 112 Å². The number of nitrogen functional groups attached to an aromatic ring is 1. The van der Waals surface area contributed by atoms with Crippen LogP contribution in [-0.2, 0) is 4.79 Å². The molecule has 0 aliphatic rings. The Morgan fingerprint density at radius 2 is 2.39 bits per heavy atom. The van der Waals surface area contributed by atoms with Gasteiger partial charge in [-0.1, -0.05) is 6.08 Å². The first kappa shape index (κ1) is 14.4. The van der Waals surface area contributed by atoms with Gasteiger partial charge < -0.3 is 15.8 Å². The lowest BCUT2D eigenvalue weighted by Crippen LogP contribution is -2.30. The van der Waals surface area contributed by atoms with Crippen LogP contribution >= 0.6 is 11.8 Å². The van der Waals surface area contributed by atoms with E-state index in [4.69, 9.17) is 10.5 Å². The first-order valence-corrected chi connectivity index (χ1v) is 6.45.